The van der Waals surface area contributed by atoms with Crippen LogP contribution in [-0.2, 0) is 17.4 Å². The topological polar surface area (TPSA) is 0 Å². The van der Waals surface area contributed by atoms with Crippen molar-refractivity contribution in [3.63, 3.8) is 0 Å². The monoisotopic (exact) mass is 180 g/mol. The average Bonchev–Trinajstić information content (AvgIpc) is 0. The molecule has 0 aromatic rings. The minimum absolute atomic E-state index is 0. The molecule has 0 rings (SSSR count). The molecule has 0 nitrogen and oxygen atoms in total. The van der Waals surface area contributed by atoms with Gasteiger partial charge in [-0.15, -0.1) is 0 Å². The van der Waals surface area contributed by atoms with E-state index in [0.29, 0.717) is 0 Å². The van der Waals surface area contributed by atoms with Crippen molar-refractivity contribution in [2.45, 2.75) is 0 Å². The molecule has 18 valence electrons. The van der Waals surface area contributed by atoms with Crippen molar-refractivity contribution < 1.29 is 40.5 Å². The molecule has 0 saturated heterocycles. The van der Waals surface area contributed by atoms with Gasteiger partial charge in [0, 0.05) is 17.4 Å². The van der Waals surface area contributed by atoms with E-state index in [1.807, 2.05) is 0 Å². The molecule has 0 aliphatic carbocycles. The Morgan fingerprint density at radius 2 is 1.25 bits per heavy atom. The smallest absolute Gasteiger partial charge is 1.00 e. The molecule has 4 heavy (non-hydrogen) atoms. The van der Waals surface area contributed by atoms with Crippen LogP contribution in [0.15, 0.2) is 0 Å². The summed E-state index contributed by atoms with van der Waals surface area (Å²) in [5.74, 6) is 0. The van der Waals surface area contributed by atoms with Crippen LogP contribution in [0.2, 0.25) is 0 Å². The van der Waals surface area contributed by atoms with Crippen molar-refractivity contribution in [1.29, 1.82) is 0 Å². The van der Waals surface area contributed by atoms with E-state index in [4.69, 9.17) is 0 Å². The van der Waals surface area contributed by atoms with Gasteiger partial charge in [0.2, 0.25) is 0 Å². The molecule has 0 N–H and O–H groups in total. The maximum atomic E-state index is 0. The van der Waals surface area contributed by atoms with Crippen LogP contribution in [0.4, 0.5) is 0 Å². The summed E-state index contributed by atoms with van der Waals surface area (Å²) in [5, 5.41) is 0. The van der Waals surface area contributed by atoms with E-state index in [2.05, 4.69) is 0 Å². The first-order chi connectivity index (χ1) is 0. The zero-order valence-electron chi connectivity index (χ0n) is 5.12. The summed E-state index contributed by atoms with van der Waals surface area (Å²) in [6.45, 7) is 0. The van der Waals surface area contributed by atoms with Gasteiger partial charge in [-0.2, -0.15) is 0 Å². The van der Waals surface area contributed by atoms with Crippen molar-refractivity contribution in [1.82, 2.24) is 0 Å². The largest absolute Gasteiger partial charge is 2.00 e. The van der Waals surface area contributed by atoms with Crippen LogP contribution < -0.4 is 18.9 Å². The first-order valence-electron chi connectivity index (χ1n) is 0. The Balaban J connectivity index is 0. The third-order valence-electron chi connectivity index (χ3n) is 0. The van der Waals surface area contributed by atoms with E-state index in [1.165, 1.54) is 0 Å². The predicted molar refractivity (Wildman–Crippen MR) is 19.0 cm³/mol. The maximum Gasteiger partial charge on any atom is 2.00 e. The minimum atomic E-state index is 0. The summed E-state index contributed by atoms with van der Waals surface area (Å²) in [5.41, 5.74) is 0. The van der Waals surface area contributed by atoms with E-state index in [-0.39, 0.29) is 103 Å². The second-order valence-corrected chi connectivity index (χ2v) is 0. The van der Waals surface area contributed by atoms with Crippen LogP contribution in [-0.4, -0.2) is 62.8 Å². The zero-order valence-corrected chi connectivity index (χ0v) is 6.87. The quantitative estimate of drug-likeness (QED) is 0.331. The Bertz CT molecular complexity index is 14.9. The van der Waals surface area contributed by atoms with Crippen LogP contribution in [0.1, 0.15) is 4.28 Å². The van der Waals surface area contributed by atoms with Crippen molar-refractivity contribution in [2.24, 2.45) is 0 Å². The van der Waals surface area contributed by atoms with Crippen LogP contribution in [0.5, 0.6) is 0 Å². The molecule has 0 radical (unpaired) electrons. The Morgan fingerprint density at radius 3 is 1.25 bits per heavy atom. The Morgan fingerprint density at radius 1 is 1.25 bits per heavy atom. The molecule has 0 fully saturated rings. The molecule has 0 aliphatic heterocycles. The molecular weight excluding hydrogens is 174 g/mol. The first-order valence-corrected chi connectivity index (χ1v) is 0. The molecule has 0 amide bonds. The number of hydrogen-bond donors (Lipinski definition) is 0. The average molecular weight is 180 g/mol. The second kappa shape index (κ2) is 16.4. The molecule has 4 heteroatoms. The Labute approximate surface area is 101 Å². The van der Waals surface area contributed by atoms with Gasteiger partial charge in [-0.25, -0.2) is 0 Å². The molecule has 0 spiro atoms. The van der Waals surface area contributed by atoms with Crippen LogP contribution in [0.25, 0.3) is 0 Å². The van der Waals surface area contributed by atoms with E-state index >= 15 is 0 Å². The van der Waals surface area contributed by atoms with Crippen molar-refractivity contribution in [3.05, 3.63) is 0 Å². The number of rotatable bonds is 0. The van der Waals surface area contributed by atoms with Gasteiger partial charge in [-0.3, -0.25) is 0 Å². The third kappa shape index (κ3) is 8.94. The molecule has 0 aromatic carbocycles. The fraction of sp³-hybridized carbons (Fsp3) is 0. The molecule has 0 unspecified atom stereocenters. The number of hydrogen-bond acceptors (Lipinski definition) is 0. The zero-order chi connectivity index (χ0) is 0. The van der Waals surface area contributed by atoms with Gasteiger partial charge in [0.25, 0.3) is 0 Å². The minimum Gasteiger partial charge on any atom is -1.00 e. The van der Waals surface area contributed by atoms with Crippen molar-refractivity contribution in [2.75, 3.05) is 0 Å². The van der Waals surface area contributed by atoms with Gasteiger partial charge >= 0.3 is 64.3 Å². The Kier molecular flexibility index (Phi) is 112. The fourth-order valence-corrected chi connectivity index (χ4v) is 0. The van der Waals surface area contributed by atoms with Crippen molar-refractivity contribution >= 4 is 62.8 Å². The van der Waals surface area contributed by atoms with Gasteiger partial charge in [0.05, 0.1) is 0 Å². The molecule has 0 bridgehead atoms. The standard InChI is InChI=1S/Al.Cr.Li.Sr.6H/q;;+1;+2;;;;3*-1. The fourth-order valence-electron chi connectivity index (χ4n) is 0. The normalized spacial score (nSPS) is 0. The summed E-state index contributed by atoms with van der Waals surface area (Å²) in [7, 11) is 0. The van der Waals surface area contributed by atoms with Gasteiger partial charge in [-0.05, 0) is 0 Å². The van der Waals surface area contributed by atoms with Crippen LogP contribution >= 0.6 is 0 Å². The van der Waals surface area contributed by atoms with Crippen LogP contribution in [0, 0.1) is 0 Å². The summed E-state index contributed by atoms with van der Waals surface area (Å²) in [6, 6.07) is 0. The van der Waals surface area contributed by atoms with E-state index < -0.39 is 0 Å². The molecule has 0 aromatic heterocycles. The van der Waals surface area contributed by atoms with E-state index in [1.54, 1.807) is 0 Å². The summed E-state index contributed by atoms with van der Waals surface area (Å²) in [4.78, 5) is 0. The molecular formula is H6AlCrLiSr. The molecule has 0 heterocycles. The predicted octanol–water partition coefficient (Wildman–Crippen LogP) is -4.23. The van der Waals surface area contributed by atoms with Gasteiger partial charge in [0.1, 0.15) is 0 Å². The molecule has 0 saturated carbocycles. The first kappa shape index (κ1) is 27.3. The van der Waals surface area contributed by atoms with Gasteiger partial charge < -0.3 is 4.28 Å². The maximum absolute atomic E-state index is 0. The van der Waals surface area contributed by atoms with Gasteiger partial charge in [-0.1, -0.05) is 0 Å². The summed E-state index contributed by atoms with van der Waals surface area (Å²) >= 11 is 0. The molecule has 0 atom stereocenters. The second-order valence-electron chi connectivity index (χ2n) is 0. The van der Waals surface area contributed by atoms with Crippen LogP contribution in [0.3, 0.4) is 0 Å². The third-order valence-corrected chi connectivity index (χ3v) is 0. The summed E-state index contributed by atoms with van der Waals surface area (Å²) in [6.07, 6.45) is 0. The van der Waals surface area contributed by atoms with Gasteiger partial charge in [0.15, 0.2) is 17.4 Å². The summed E-state index contributed by atoms with van der Waals surface area (Å²) < 4.78 is 0. The van der Waals surface area contributed by atoms with Crippen molar-refractivity contribution in [3.8, 4) is 0 Å². The SMILES string of the molecule is [AlH3].[Cr].[H-].[H-].[H-].[Li+].[Sr+2]. The van der Waals surface area contributed by atoms with E-state index in [0.717, 1.165) is 0 Å². The molecule has 0 aliphatic rings. The van der Waals surface area contributed by atoms with E-state index in [9.17, 15) is 0 Å². The Hall–Kier alpha value is 3.14.